The quantitative estimate of drug-likeness (QED) is 0.679. The number of benzene rings is 2. The Labute approximate surface area is 158 Å². The Kier molecular flexibility index (Phi) is 4.67. The zero-order valence-corrected chi connectivity index (χ0v) is 15.5. The van der Waals surface area contributed by atoms with E-state index in [0.29, 0.717) is 5.69 Å². The molecule has 1 fully saturated rings. The largest absolute Gasteiger partial charge is 0.497 e. The van der Waals surface area contributed by atoms with E-state index in [1.807, 2.05) is 29.2 Å². The molecule has 5 heteroatoms. The lowest BCUT2D eigenvalue weighted by atomic mass is 10.0. The van der Waals surface area contributed by atoms with Gasteiger partial charge < -0.3 is 14.2 Å². The van der Waals surface area contributed by atoms with Crippen molar-refractivity contribution in [1.29, 1.82) is 0 Å². The van der Waals surface area contributed by atoms with Gasteiger partial charge in [-0.2, -0.15) is 0 Å². The SMILES string of the molecule is COc1ccc(-c2cc(C(=O)N3CCC[C@@H]3c3ccc(C)cc3)on2)cc1. The minimum absolute atomic E-state index is 0.0904. The second-order valence-corrected chi connectivity index (χ2v) is 6.87. The summed E-state index contributed by atoms with van der Waals surface area (Å²) in [6.45, 7) is 2.80. The monoisotopic (exact) mass is 362 g/mol. The highest BCUT2D eigenvalue weighted by Crippen LogP contribution is 2.34. The smallest absolute Gasteiger partial charge is 0.292 e. The third kappa shape index (κ3) is 3.45. The third-order valence-electron chi connectivity index (χ3n) is 5.08. The van der Waals surface area contributed by atoms with Gasteiger partial charge in [0, 0.05) is 18.2 Å². The summed E-state index contributed by atoms with van der Waals surface area (Å²) in [5.74, 6) is 0.946. The molecule has 2 heterocycles. The second kappa shape index (κ2) is 7.27. The maximum absolute atomic E-state index is 13.0. The molecule has 0 saturated carbocycles. The summed E-state index contributed by atoms with van der Waals surface area (Å²) in [5.41, 5.74) is 3.91. The van der Waals surface area contributed by atoms with Crippen LogP contribution in [0.5, 0.6) is 5.75 Å². The Morgan fingerprint density at radius 3 is 2.59 bits per heavy atom. The maximum atomic E-state index is 13.0. The fourth-order valence-electron chi connectivity index (χ4n) is 3.56. The van der Waals surface area contributed by atoms with Crippen molar-refractivity contribution < 1.29 is 14.1 Å². The average Bonchev–Trinajstić information content (AvgIpc) is 3.38. The van der Waals surface area contributed by atoms with Gasteiger partial charge in [0.05, 0.1) is 13.2 Å². The summed E-state index contributed by atoms with van der Waals surface area (Å²) in [4.78, 5) is 14.9. The van der Waals surface area contributed by atoms with Crippen LogP contribution in [0.15, 0.2) is 59.1 Å². The first-order valence-electron chi connectivity index (χ1n) is 9.14. The fraction of sp³-hybridized carbons (Fsp3) is 0.273. The van der Waals surface area contributed by atoms with Crippen LogP contribution < -0.4 is 4.74 Å². The summed E-state index contributed by atoms with van der Waals surface area (Å²) < 4.78 is 10.6. The van der Waals surface area contributed by atoms with E-state index in [2.05, 4.69) is 36.3 Å². The molecular weight excluding hydrogens is 340 g/mol. The predicted octanol–water partition coefficient (Wildman–Crippen LogP) is 4.64. The highest BCUT2D eigenvalue weighted by atomic mass is 16.5. The molecule has 0 aliphatic carbocycles. The number of ether oxygens (including phenoxy) is 1. The van der Waals surface area contributed by atoms with Crippen molar-refractivity contribution >= 4 is 5.91 Å². The number of hydrogen-bond acceptors (Lipinski definition) is 4. The van der Waals surface area contributed by atoms with Crippen molar-refractivity contribution in [3.05, 3.63) is 71.5 Å². The standard InChI is InChI=1S/C22H22N2O3/c1-15-5-7-17(8-6-15)20-4-3-13-24(20)22(25)21-14-19(23-27-21)16-9-11-18(26-2)12-10-16/h5-12,14,20H,3-4,13H2,1-2H3/t20-/m1/s1. The Hall–Kier alpha value is -3.08. The highest BCUT2D eigenvalue weighted by Gasteiger charge is 2.32. The van der Waals surface area contributed by atoms with E-state index in [1.54, 1.807) is 13.2 Å². The van der Waals surface area contributed by atoms with Crippen LogP contribution in [-0.2, 0) is 0 Å². The fourth-order valence-corrected chi connectivity index (χ4v) is 3.56. The lowest BCUT2D eigenvalue weighted by Crippen LogP contribution is -2.30. The van der Waals surface area contributed by atoms with Crippen molar-refractivity contribution in [2.45, 2.75) is 25.8 Å². The van der Waals surface area contributed by atoms with Crippen LogP contribution in [0.4, 0.5) is 0 Å². The number of aryl methyl sites for hydroxylation is 1. The molecule has 3 aromatic rings. The van der Waals surface area contributed by atoms with Gasteiger partial charge in [-0.25, -0.2) is 0 Å². The van der Waals surface area contributed by atoms with E-state index in [0.717, 1.165) is 30.7 Å². The molecule has 0 N–H and O–H groups in total. The van der Waals surface area contributed by atoms with Gasteiger partial charge in [0.15, 0.2) is 0 Å². The number of likely N-dealkylation sites (tertiary alicyclic amines) is 1. The minimum Gasteiger partial charge on any atom is -0.497 e. The molecular formula is C22H22N2O3. The number of aromatic nitrogens is 1. The van der Waals surface area contributed by atoms with Crippen LogP contribution in [0.1, 0.15) is 40.6 Å². The first-order chi connectivity index (χ1) is 13.2. The van der Waals surface area contributed by atoms with Crippen molar-refractivity contribution in [3.8, 4) is 17.0 Å². The van der Waals surface area contributed by atoms with Crippen molar-refractivity contribution in [3.63, 3.8) is 0 Å². The third-order valence-corrected chi connectivity index (χ3v) is 5.08. The highest BCUT2D eigenvalue weighted by molar-refractivity contribution is 5.93. The molecule has 1 amide bonds. The van der Waals surface area contributed by atoms with Gasteiger partial charge in [-0.05, 0) is 49.6 Å². The normalized spacial score (nSPS) is 16.5. The summed E-state index contributed by atoms with van der Waals surface area (Å²) in [7, 11) is 1.63. The lowest BCUT2D eigenvalue weighted by molar-refractivity contribution is 0.0693. The number of hydrogen-bond donors (Lipinski definition) is 0. The molecule has 1 atom stereocenters. The van der Waals surface area contributed by atoms with Crippen molar-refractivity contribution in [1.82, 2.24) is 10.1 Å². The van der Waals surface area contributed by atoms with Crippen LogP contribution in [0.2, 0.25) is 0 Å². The molecule has 0 unspecified atom stereocenters. The average molecular weight is 362 g/mol. The topological polar surface area (TPSA) is 55.6 Å². The molecule has 4 rings (SSSR count). The van der Waals surface area contributed by atoms with Gasteiger partial charge in [-0.1, -0.05) is 35.0 Å². The number of carbonyl (C=O) groups is 1. The van der Waals surface area contributed by atoms with E-state index in [1.165, 1.54) is 11.1 Å². The summed E-state index contributed by atoms with van der Waals surface area (Å²) in [6, 6.07) is 17.7. The first kappa shape index (κ1) is 17.3. The second-order valence-electron chi connectivity index (χ2n) is 6.87. The van der Waals surface area contributed by atoms with E-state index < -0.39 is 0 Å². The molecule has 1 aliphatic rings. The maximum Gasteiger partial charge on any atom is 0.292 e. The van der Waals surface area contributed by atoms with E-state index in [4.69, 9.17) is 9.26 Å². The van der Waals surface area contributed by atoms with Crippen LogP contribution >= 0.6 is 0 Å². The molecule has 0 bridgehead atoms. The summed E-state index contributed by atoms with van der Waals surface area (Å²) in [5, 5.41) is 4.08. The lowest BCUT2D eigenvalue weighted by Gasteiger charge is -2.24. The van der Waals surface area contributed by atoms with Crippen molar-refractivity contribution in [2.75, 3.05) is 13.7 Å². The molecule has 5 nitrogen and oxygen atoms in total. The Morgan fingerprint density at radius 2 is 1.89 bits per heavy atom. The van der Waals surface area contributed by atoms with E-state index in [9.17, 15) is 4.79 Å². The van der Waals surface area contributed by atoms with Crippen LogP contribution in [0.3, 0.4) is 0 Å². The molecule has 0 radical (unpaired) electrons. The van der Waals surface area contributed by atoms with Crippen LogP contribution in [0.25, 0.3) is 11.3 Å². The summed E-state index contributed by atoms with van der Waals surface area (Å²) in [6.07, 6.45) is 1.96. The van der Waals surface area contributed by atoms with E-state index in [-0.39, 0.29) is 17.7 Å². The number of nitrogens with zero attached hydrogens (tertiary/aromatic N) is 2. The number of amides is 1. The van der Waals surface area contributed by atoms with Crippen LogP contribution in [0, 0.1) is 6.92 Å². The number of methoxy groups -OCH3 is 1. The number of rotatable bonds is 4. The molecule has 27 heavy (non-hydrogen) atoms. The minimum atomic E-state index is -0.106. The zero-order valence-electron chi connectivity index (χ0n) is 15.5. The molecule has 1 saturated heterocycles. The molecule has 138 valence electrons. The van der Waals surface area contributed by atoms with Gasteiger partial charge >= 0.3 is 0 Å². The predicted molar refractivity (Wildman–Crippen MR) is 103 cm³/mol. The zero-order chi connectivity index (χ0) is 18.8. The number of carbonyl (C=O) groups excluding carboxylic acids is 1. The van der Waals surface area contributed by atoms with Crippen molar-refractivity contribution in [2.24, 2.45) is 0 Å². The Bertz CT molecular complexity index is 929. The van der Waals surface area contributed by atoms with Gasteiger partial charge in [-0.15, -0.1) is 0 Å². The summed E-state index contributed by atoms with van der Waals surface area (Å²) >= 11 is 0. The first-order valence-corrected chi connectivity index (χ1v) is 9.14. The molecule has 1 aromatic heterocycles. The van der Waals surface area contributed by atoms with Crippen LogP contribution in [-0.4, -0.2) is 29.6 Å². The van der Waals surface area contributed by atoms with E-state index >= 15 is 0 Å². The molecule has 0 spiro atoms. The van der Waals surface area contributed by atoms with Gasteiger partial charge in [0.1, 0.15) is 11.4 Å². The van der Waals surface area contributed by atoms with Gasteiger partial charge in [0.2, 0.25) is 5.76 Å². The molecule has 2 aromatic carbocycles. The van der Waals surface area contributed by atoms with Gasteiger partial charge in [-0.3, -0.25) is 4.79 Å². The van der Waals surface area contributed by atoms with Gasteiger partial charge in [0.25, 0.3) is 5.91 Å². The Balaban J connectivity index is 1.55. The Morgan fingerprint density at radius 1 is 1.15 bits per heavy atom. The molecule has 1 aliphatic heterocycles.